The minimum Gasteiger partial charge on any atom is -0.384 e. The maximum absolute atomic E-state index is 6.15. The second kappa shape index (κ2) is 8.64. The number of fused-ring (bicyclic) bond motifs is 1. The molecule has 0 amide bonds. The number of nitrogens with zero attached hydrogens (tertiary/aromatic N) is 1. The molecular formula is C23H28ClN3O. The number of hydrogen-bond acceptors (Lipinski definition) is 3. The zero-order valence-electron chi connectivity index (χ0n) is 16.4. The van der Waals surface area contributed by atoms with Crippen molar-refractivity contribution in [1.82, 2.24) is 5.32 Å². The summed E-state index contributed by atoms with van der Waals surface area (Å²) in [5, 5.41) is 7.95. The average Bonchev–Trinajstić information content (AvgIpc) is 2.71. The highest BCUT2D eigenvalue weighted by atomic mass is 35.5. The van der Waals surface area contributed by atoms with E-state index in [0.29, 0.717) is 6.54 Å². The van der Waals surface area contributed by atoms with Crippen LogP contribution in [0.5, 0.6) is 0 Å². The fourth-order valence-electron chi connectivity index (χ4n) is 4.33. The van der Waals surface area contributed by atoms with Gasteiger partial charge in [0.05, 0.1) is 13.2 Å². The Kier molecular flexibility index (Phi) is 6.00. The van der Waals surface area contributed by atoms with E-state index in [1.54, 1.807) is 7.11 Å². The largest absolute Gasteiger partial charge is 0.384 e. The van der Waals surface area contributed by atoms with Crippen molar-refractivity contribution in [3.8, 4) is 0 Å². The molecule has 0 bridgehead atoms. The van der Waals surface area contributed by atoms with Crippen molar-refractivity contribution < 1.29 is 4.74 Å². The zero-order chi connectivity index (χ0) is 19.4. The maximum atomic E-state index is 6.15. The van der Waals surface area contributed by atoms with Crippen molar-refractivity contribution in [1.29, 1.82) is 0 Å². The summed E-state index contributed by atoms with van der Waals surface area (Å²) in [4.78, 5) is 5.04. The number of benzene rings is 2. The van der Waals surface area contributed by atoms with Crippen LogP contribution in [-0.2, 0) is 24.1 Å². The third-order valence-corrected chi connectivity index (χ3v) is 6.15. The van der Waals surface area contributed by atoms with Gasteiger partial charge in [-0.2, -0.15) is 0 Å². The predicted molar refractivity (Wildman–Crippen MR) is 116 cm³/mol. The van der Waals surface area contributed by atoms with Gasteiger partial charge in [-0.15, -0.1) is 0 Å². The summed E-state index contributed by atoms with van der Waals surface area (Å²) < 4.78 is 5.25. The average molecular weight is 398 g/mol. The molecular weight excluding hydrogens is 370 g/mol. The summed E-state index contributed by atoms with van der Waals surface area (Å²) in [5.74, 6) is 1.13. The van der Waals surface area contributed by atoms with Gasteiger partial charge in [0, 0.05) is 23.2 Å². The number of hydrogen-bond donors (Lipinski definition) is 2. The van der Waals surface area contributed by atoms with E-state index in [9.17, 15) is 0 Å². The van der Waals surface area contributed by atoms with Gasteiger partial charge in [-0.3, -0.25) is 4.99 Å². The molecule has 4 nitrogen and oxygen atoms in total. The van der Waals surface area contributed by atoms with Crippen molar-refractivity contribution in [2.75, 3.05) is 32.1 Å². The first-order chi connectivity index (χ1) is 13.7. The molecule has 28 heavy (non-hydrogen) atoms. The van der Waals surface area contributed by atoms with Gasteiger partial charge in [0.2, 0.25) is 0 Å². The molecule has 1 spiro atoms. The molecule has 2 N–H and O–H groups in total. The lowest BCUT2D eigenvalue weighted by atomic mass is 9.70. The Labute approximate surface area is 172 Å². The standard InChI is InChI=1S/C23H28ClN3O/c1-28-12-7-17-5-6-21-19(13-17)15-23(8-10-25-11-9-23)22(27-21)26-16-18-3-2-4-20(24)14-18/h2-6,13-14,25H,7-12,15-16H2,1H3,(H,26,27). The Morgan fingerprint density at radius 3 is 2.75 bits per heavy atom. The van der Waals surface area contributed by atoms with Crippen LogP contribution in [0.1, 0.15) is 29.5 Å². The van der Waals surface area contributed by atoms with Crippen molar-refractivity contribution in [3.05, 3.63) is 64.2 Å². The van der Waals surface area contributed by atoms with Crippen molar-refractivity contribution in [2.24, 2.45) is 10.4 Å². The molecule has 1 saturated heterocycles. The van der Waals surface area contributed by atoms with Crippen LogP contribution in [0.15, 0.2) is 47.5 Å². The number of nitrogens with one attached hydrogen (secondary N) is 2. The highest BCUT2D eigenvalue weighted by Crippen LogP contribution is 2.41. The van der Waals surface area contributed by atoms with Gasteiger partial charge in [0.25, 0.3) is 0 Å². The number of methoxy groups -OCH3 is 1. The molecule has 148 valence electrons. The van der Waals surface area contributed by atoms with E-state index in [1.807, 2.05) is 18.2 Å². The second-order valence-corrected chi connectivity index (χ2v) is 8.30. The highest BCUT2D eigenvalue weighted by molar-refractivity contribution is 6.30. The first-order valence-electron chi connectivity index (χ1n) is 10.1. The van der Waals surface area contributed by atoms with Gasteiger partial charge in [0.15, 0.2) is 0 Å². The lowest BCUT2D eigenvalue weighted by molar-refractivity contribution is 0.202. The minimum atomic E-state index is 0.0940. The van der Waals surface area contributed by atoms with Crippen LogP contribution in [0, 0.1) is 5.41 Å². The number of aliphatic imine (C=N–C) groups is 1. The van der Waals surface area contributed by atoms with Crippen LogP contribution in [0.3, 0.4) is 0 Å². The van der Waals surface area contributed by atoms with Crippen LogP contribution in [-0.4, -0.2) is 32.6 Å². The molecule has 0 unspecified atom stereocenters. The van der Waals surface area contributed by atoms with Crippen LogP contribution >= 0.6 is 11.6 Å². The summed E-state index contributed by atoms with van der Waals surface area (Å²) in [7, 11) is 1.76. The van der Waals surface area contributed by atoms with Crippen molar-refractivity contribution in [3.63, 3.8) is 0 Å². The molecule has 2 heterocycles. The van der Waals surface area contributed by atoms with E-state index in [4.69, 9.17) is 21.3 Å². The van der Waals surface area contributed by atoms with E-state index in [-0.39, 0.29) is 5.41 Å². The molecule has 2 aromatic rings. The quantitative estimate of drug-likeness (QED) is 0.782. The molecule has 2 aliphatic heterocycles. The fourth-order valence-corrected chi connectivity index (χ4v) is 4.54. The van der Waals surface area contributed by atoms with E-state index in [1.165, 1.54) is 16.8 Å². The third kappa shape index (κ3) is 4.24. The molecule has 2 aliphatic rings. The Balaban J connectivity index is 1.62. The molecule has 2 aromatic carbocycles. The summed E-state index contributed by atoms with van der Waals surface area (Å²) in [6, 6.07) is 14.7. The van der Waals surface area contributed by atoms with Crippen LogP contribution in [0.2, 0.25) is 5.02 Å². The SMILES string of the molecule is COCCc1ccc2c(c1)CC1(CCNCC1)C(=NCc1cccc(Cl)c1)N2. The summed E-state index contributed by atoms with van der Waals surface area (Å²) in [5.41, 5.74) is 5.17. The van der Waals surface area contributed by atoms with Crippen molar-refractivity contribution >= 4 is 23.1 Å². The van der Waals surface area contributed by atoms with E-state index < -0.39 is 0 Å². The molecule has 1 fully saturated rings. The monoisotopic (exact) mass is 397 g/mol. The van der Waals surface area contributed by atoms with Crippen molar-refractivity contribution in [2.45, 2.75) is 32.2 Å². The maximum Gasteiger partial charge on any atom is 0.108 e. The van der Waals surface area contributed by atoms with Gasteiger partial charge in [-0.1, -0.05) is 35.9 Å². The van der Waals surface area contributed by atoms with Gasteiger partial charge < -0.3 is 15.4 Å². The topological polar surface area (TPSA) is 45.6 Å². The first-order valence-corrected chi connectivity index (χ1v) is 10.4. The molecule has 0 radical (unpaired) electrons. The van der Waals surface area contributed by atoms with Crippen LogP contribution in [0.25, 0.3) is 0 Å². The Bertz CT molecular complexity index is 859. The Morgan fingerprint density at radius 1 is 1.11 bits per heavy atom. The molecule has 5 heteroatoms. The van der Waals surface area contributed by atoms with Gasteiger partial charge >= 0.3 is 0 Å². The smallest absolute Gasteiger partial charge is 0.108 e. The number of ether oxygens (including phenoxy) is 1. The number of anilines is 1. The first kappa shape index (κ1) is 19.4. The van der Waals surface area contributed by atoms with Gasteiger partial charge in [-0.25, -0.2) is 0 Å². The van der Waals surface area contributed by atoms with E-state index in [0.717, 1.165) is 61.8 Å². The number of halogens is 1. The van der Waals surface area contributed by atoms with Gasteiger partial charge in [-0.05, 0) is 73.7 Å². The number of amidine groups is 1. The molecule has 0 aliphatic carbocycles. The van der Waals surface area contributed by atoms with E-state index in [2.05, 4.69) is 34.9 Å². The predicted octanol–water partition coefficient (Wildman–Crippen LogP) is 4.47. The summed E-state index contributed by atoms with van der Waals surface area (Å²) in [6.07, 6.45) is 4.21. The molecule has 0 saturated carbocycles. The second-order valence-electron chi connectivity index (χ2n) is 7.86. The lowest BCUT2D eigenvalue weighted by Crippen LogP contribution is -2.48. The molecule has 0 atom stereocenters. The summed E-state index contributed by atoms with van der Waals surface area (Å²) in [6.45, 7) is 3.49. The third-order valence-electron chi connectivity index (χ3n) is 5.92. The van der Waals surface area contributed by atoms with Crippen LogP contribution < -0.4 is 10.6 Å². The molecule has 4 rings (SSSR count). The fraction of sp³-hybridized carbons (Fsp3) is 0.435. The number of rotatable bonds is 5. The number of piperidine rings is 1. The normalized spacial score (nSPS) is 19.4. The highest BCUT2D eigenvalue weighted by Gasteiger charge is 2.41. The van der Waals surface area contributed by atoms with Crippen LogP contribution in [0.4, 0.5) is 5.69 Å². The minimum absolute atomic E-state index is 0.0940. The molecule has 0 aromatic heterocycles. The Hall–Kier alpha value is -1.88. The Morgan fingerprint density at radius 2 is 1.96 bits per heavy atom. The zero-order valence-corrected chi connectivity index (χ0v) is 17.2. The summed E-state index contributed by atoms with van der Waals surface area (Å²) >= 11 is 6.15. The lowest BCUT2D eigenvalue weighted by Gasteiger charge is -2.43. The van der Waals surface area contributed by atoms with E-state index >= 15 is 0 Å². The van der Waals surface area contributed by atoms with Gasteiger partial charge in [0.1, 0.15) is 5.84 Å².